The van der Waals surface area contributed by atoms with E-state index in [-0.39, 0.29) is 11.0 Å². The molecule has 1 aromatic heterocycles. The first-order valence-corrected chi connectivity index (χ1v) is 4.01. The normalized spacial score (nSPS) is 10.5. The molecule has 2 rings (SSSR count). The Kier molecular flexibility index (Phi) is 1.96. The summed E-state index contributed by atoms with van der Waals surface area (Å²) >= 11 is 0. The standard InChI is InChI=1S/C9H5FN2O3/c10-4-1-2-5-6(3-4)12-8(13)7(11-5)9(14)15/h1-3H,(H,12,13)(H,14,15). The average Bonchev–Trinajstić information content (AvgIpc) is 2.15. The van der Waals surface area contributed by atoms with E-state index in [1.165, 1.54) is 6.07 Å². The van der Waals surface area contributed by atoms with Gasteiger partial charge in [-0.25, -0.2) is 14.2 Å². The molecule has 6 heteroatoms. The molecule has 0 bridgehead atoms. The summed E-state index contributed by atoms with van der Waals surface area (Å²) in [6.45, 7) is 0. The largest absolute Gasteiger partial charge is 0.476 e. The van der Waals surface area contributed by atoms with E-state index in [0.29, 0.717) is 0 Å². The molecule has 0 spiro atoms. The number of fused-ring (bicyclic) bond motifs is 1. The zero-order valence-electron chi connectivity index (χ0n) is 7.32. The lowest BCUT2D eigenvalue weighted by Crippen LogP contribution is -2.19. The molecule has 0 unspecified atom stereocenters. The molecule has 0 fully saturated rings. The van der Waals surface area contributed by atoms with Crippen LogP contribution in [0.4, 0.5) is 4.39 Å². The quantitative estimate of drug-likeness (QED) is 0.724. The zero-order valence-corrected chi connectivity index (χ0v) is 7.32. The van der Waals surface area contributed by atoms with Gasteiger partial charge in [0, 0.05) is 0 Å². The highest BCUT2D eigenvalue weighted by Gasteiger charge is 2.11. The van der Waals surface area contributed by atoms with Crippen LogP contribution in [0.15, 0.2) is 23.0 Å². The monoisotopic (exact) mass is 208 g/mol. The minimum absolute atomic E-state index is 0.171. The van der Waals surface area contributed by atoms with Crippen molar-refractivity contribution in [2.75, 3.05) is 0 Å². The Morgan fingerprint density at radius 1 is 1.47 bits per heavy atom. The predicted octanol–water partition coefficient (Wildman–Crippen LogP) is 0.760. The van der Waals surface area contributed by atoms with Gasteiger partial charge in [0.2, 0.25) is 5.69 Å². The van der Waals surface area contributed by atoms with Gasteiger partial charge in [-0.1, -0.05) is 0 Å². The van der Waals surface area contributed by atoms with Crippen molar-refractivity contribution in [3.63, 3.8) is 0 Å². The minimum atomic E-state index is -1.41. The molecule has 1 aromatic carbocycles. The van der Waals surface area contributed by atoms with E-state index in [1.54, 1.807) is 0 Å². The number of aromatic amines is 1. The van der Waals surface area contributed by atoms with Crippen LogP contribution in [0.2, 0.25) is 0 Å². The van der Waals surface area contributed by atoms with Crippen molar-refractivity contribution in [1.82, 2.24) is 9.97 Å². The Balaban J connectivity index is 2.82. The fraction of sp³-hybridized carbons (Fsp3) is 0. The van der Waals surface area contributed by atoms with Crippen LogP contribution in [0.5, 0.6) is 0 Å². The van der Waals surface area contributed by atoms with Gasteiger partial charge in [0.05, 0.1) is 11.0 Å². The summed E-state index contributed by atoms with van der Waals surface area (Å²) in [6, 6.07) is 3.52. The highest BCUT2D eigenvalue weighted by Crippen LogP contribution is 2.09. The molecule has 2 N–H and O–H groups in total. The lowest BCUT2D eigenvalue weighted by Gasteiger charge is -1.98. The number of nitrogens with zero attached hydrogens (tertiary/aromatic N) is 1. The predicted molar refractivity (Wildman–Crippen MR) is 49.3 cm³/mol. The molecule has 2 aromatic rings. The van der Waals surface area contributed by atoms with Crippen LogP contribution in [0.25, 0.3) is 11.0 Å². The summed E-state index contributed by atoms with van der Waals surface area (Å²) in [6.07, 6.45) is 0. The molecular weight excluding hydrogens is 203 g/mol. The fourth-order valence-corrected chi connectivity index (χ4v) is 1.20. The molecule has 1 heterocycles. The van der Waals surface area contributed by atoms with E-state index in [1.807, 2.05) is 0 Å². The Morgan fingerprint density at radius 2 is 2.20 bits per heavy atom. The number of rotatable bonds is 1. The van der Waals surface area contributed by atoms with E-state index in [4.69, 9.17) is 5.11 Å². The number of halogens is 1. The minimum Gasteiger partial charge on any atom is -0.476 e. The van der Waals surface area contributed by atoms with Crippen molar-refractivity contribution in [2.45, 2.75) is 0 Å². The molecule has 0 aliphatic heterocycles. The van der Waals surface area contributed by atoms with E-state index >= 15 is 0 Å². The lowest BCUT2D eigenvalue weighted by atomic mass is 10.3. The Morgan fingerprint density at radius 3 is 2.87 bits per heavy atom. The van der Waals surface area contributed by atoms with Gasteiger partial charge in [0.25, 0.3) is 5.56 Å². The van der Waals surface area contributed by atoms with Crippen LogP contribution in [0.1, 0.15) is 10.5 Å². The van der Waals surface area contributed by atoms with Crippen molar-refractivity contribution in [1.29, 1.82) is 0 Å². The van der Waals surface area contributed by atoms with Crippen molar-refractivity contribution in [3.05, 3.63) is 40.1 Å². The third-order valence-corrected chi connectivity index (χ3v) is 1.86. The summed E-state index contributed by atoms with van der Waals surface area (Å²) in [5.74, 6) is -1.94. The highest BCUT2D eigenvalue weighted by atomic mass is 19.1. The van der Waals surface area contributed by atoms with Crippen molar-refractivity contribution in [3.8, 4) is 0 Å². The first-order valence-electron chi connectivity index (χ1n) is 4.01. The van der Waals surface area contributed by atoms with Gasteiger partial charge in [0.15, 0.2) is 0 Å². The van der Waals surface area contributed by atoms with Crippen LogP contribution in [-0.4, -0.2) is 21.0 Å². The number of carboxylic acids is 1. The molecule has 0 aliphatic carbocycles. The number of aromatic carboxylic acids is 1. The number of carbonyl (C=O) groups is 1. The van der Waals surface area contributed by atoms with Crippen molar-refractivity contribution >= 4 is 17.0 Å². The van der Waals surface area contributed by atoms with Gasteiger partial charge in [-0.15, -0.1) is 0 Å². The number of aromatic nitrogens is 2. The van der Waals surface area contributed by atoms with Gasteiger partial charge >= 0.3 is 5.97 Å². The van der Waals surface area contributed by atoms with Crippen molar-refractivity contribution < 1.29 is 14.3 Å². The van der Waals surface area contributed by atoms with Gasteiger partial charge in [-0.3, -0.25) is 4.79 Å². The molecule has 0 amide bonds. The molecule has 15 heavy (non-hydrogen) atoms. The Bertz CT molecular complexity index is 606. The molecule has 76 valence electrons. The molecule has 0 aliphatic rings. The van der Waals surface area contributed by atoms with Crippen LogP contribution in [0.3, 0.4) is 0 Å². The molecule has 0 radical (unpaired) electrons. The Labute approximate surface area is 82.2 Å². The highest BCUT2D eigenvalue weighted by molar-refractivity contribution is 5.87. The van der Waals surface area contributed by atoms with E-state index in [0.717, 1.165) is 12.1 Å². The first kappa shape index (κ1) is 9.32. The van der Waals surface area contributed by atoms with Crippen LogP contribution in [0, 0.1) is 5.82 Å². The first-order chi connectivity index (χ1) is 7.08. The third-order valence-electron chi connectivity index (χ3n) is 1.86. The number of hydrogen-bond donors (Lipinski definition) is 2. The molecule has 0 saturated carbocycles. The zero-order chi connectivity index (χ0) is 11.0. The SMILES string of the molecule is O=C(O)c1nc2ccc(F)cc2[nH]c1=O. The lowest BCUT2D eigenvalue weighted by molar-refractivity contribution is 0.0689. The van der Waals surface area contributed by atoms with Gasteiger partial charge in [-0.2, -0.15) is 0 Å². The van der Waals surface area contributed by atoms with E-state index in [9.17, 15) is 14.0 Å². The second kappa shape index (κ2) is 3.16. The summed E-state index contributed by atoms with van der Waals surface area (Å²) in [4.78, 5) is 27.6. The van der Waals surface area contributed by atoms with Gasteiger partial charge < -0.3 is 10.1 Å². The molecule has 0 saturated heterocycles. The third kappa shape index (κ3) is 1.56. The van der Waals surface area contributed by atoms with E-state index in [2.05, 4.69) is 9.97 Å². The number of carboxylic acid groups (broad SMARTS) is 1. The van der Waals surface area contributed by atoms with E-state index < -0.39 is 23.0 Å². The van der Waals surface area contributed by atoms with Gasteiger partial charge in [0.1, 0.15) is 5.82 Å². The van der Waals surface area contributed by atoms with Crippen molar-refractivity contribution in [2.24, 2.45) is 0 Å². The second-order valence-electron chi connectivity index (χ2n) is 2.88. The summed E-state index contributed by atoms with van der Waals surface area (Å²) in [7, 11) is 0. The fourth-order valence-electron chi connectivity index (χ4n) is 1.20. The number of H-pyrrole nitrogens is 1. The van der Waals surface area contributed by atoms with Gasteiger partial charge in [-0.05, 0) is 18.2 Å². The maximum atomic E-state index is 12.8. The summed E-state index contributed by atoms with van der Waals surface area (Å²) < 4.78 is 12.8. The second-order valence-corrected chi connectivity index (χ2v) is 2.88. The number of benzene rings is 1. The number of hydrogen-bond acceptors (Lipinski definition) is 3. The number of nitrogens with one attached hydrogen (secondary N) is 1. The molecule has 5 nitrogen and oxygen atoms in total. The Hall–Kier alpha value is -2.24. The molecular formula is C9H5FN2O3. The van der Waals surface area contributed by atoms with Crippen LogP contribution in [-0.2, 0) is 0 Å². The summed E-state index contributed by atoms with van der Waals surface area (Å²) in [5, 5.41) is 8.62. The smallest absolute Gasteiger partial charge is 0.360 e. The maximum absolute atomic E-state index is 12.8. The molecule has 0 atom stereocenters. The topological polar surface area (TPSA) is 83.0 Å². The maximum Gasteiger partial charge on any atom is 0.360 e. The average molecular weight is 208 g/mol. The summed E-state index contributed by atoms with van der Waals surface area (Å²) in [5.41, 5.74) is -1.05. The van der Waals surface area contributed by atoms with Crippen LogP contribution >= 0.6 is 0 Å². The van der Waals surface area contributed by atoms with Crippen LogP contribution < -0.4 is 5.56 Å².